The maximum atomic E-state index is 11.6. The van der Waals surface area contributed by atoms with Crippen LogP contribution in [0.3, 0.4) is 0 Å². The molecule has 0 rings (SSSR count). The lowest BCUT2D eigenvalue weighted by Gasteiger charge is -2.17. The van der Waals surface area contributed by atoms with Crippen molar-refractivity contribution >= 4 is 10.0 Å². The quantitative estimate of drug-likeness (QED) is 0.458. The Balaban J connectivity index is 4.20. The smallest absolute Gasteiger partial charge is 0.212 e. The van der Waals surface area contributed by atoms with Crippen molar-refractivity contribution in [2.24, 2.45) is 0 Å². The number of unbranched alkanes of at least 4 members (excludes halogenated alkanes) is 3. The summed E-state index contributed by atoms with van der Waals surface area (Å²) >= 11 is 0. The van der Waals surface area contributed by atoms with E-state index in [9.17, 15) is 8.42 Å². The SMILES string of the molecule is C=CCS(=O)(=O)NC([CH]CCCC)CCCC. The molecule has 1 N–H and O–H groups in total. The van der Waals surface area contributed by atoms with Gasteiger partial charge in [0, 0.05) is 6.04 Å². The first-order chi connectivity index (χ1) is 8.05. The highest BCUT2D eigenvalue weighted by atomic mass is 32.2. The highest BCUT2D eigenvalue weighted by Gasteiger charge is 2.15. The van der Waals surface area contributed by atoms with E-state index in [-0.39, 0.29) is 11.8 Å². The average molecular weight is 260 g/mol. The van der Waals surface area contributed by atoms with Crippen LogP contribution in [0.25, 0.3) is 0 Å². The standard InChI is InChI=1S/C13H26NO2S/c1-4-7-9-11-13(10-8-5-2)14-17(15,16)12-6-3/h6,11,13-14H,3-5,7-10,12H2,1-2H3. The Morgan fingerprint density at radius 1 is 1.24 bits per heavy atom. The first kappa shape index (κ1) is 16.6. The fourth-order valence-corrected chi connectivity index (χ4v) is 2.69. The molecule has 0 aromatic rings. The van der Waals surface area contributed by atoms with Crippen molar-refractivity contribution in [3.8, 4) is 0 Å². The van der Waals surface area contributed by atoms with Crippen molar-refractivity contribution in [2.75, 3.05) is 5.75 Å². The Morgan fingerprint density at radius 2 is 1.88 bits per heavy atom. The molecular formula is C13H26NO2S. The molecule has 0 aliphatic carbocycles. The molecule has 0 aliphatic heterocycles. The lowest BCUT2D eigenvalue weighted by atomic mass is 10.0. The zero-order valence-corrected chi connectivity index (χ0v) is 11.9. The van der Waals surface area contributed by atoms with Gasteiger partial charge in [-0.25, -0.2) is 13.1 Å². The highest BCUT2D eigenvalue weighted by Crippen LogP contribution is 2.10. The molecule has 0 spiro atoms. The Morgan fingerprint density at radius 3 is 2.41 bits per heavy atom. The maximum Gasteiger partial charge on any atom is 0.215 e. The molecule has 0 bridgehead atoms. The third-order valence-corrected chi connectivity index (χ3v) is 3.88. The summed E-state index contributed by atoms with van der Waals surface area (Å²) < 4.78 is 26.0. The number of hydrogen-bond acceptors (Lipinski definition) is 2. The van der Waals surface area contributed by atoms with Crippen LogP contribution >= 0.6 is 0 Å². The lowest BCUT2D eigenvalue weighted by molar-refractivity contribution is 0.532. The molecule has 3 nitrogen and oxygen atoms in total. The minimum atomic E-state index is -3.20. The summed E-state index contributed by atoms with van der Waals surface area (Å²) in [5.41, 5.74) is 0. The van der Waals surface area contributed by atoms with Crippen molar-refractivity contribution in [3.63, 3.8) is 0 Å². The van der Waals surface area contributed by atoms with Gasteiger partial charge in [0.1, 0.15) is 0 Å². The van der Waals surface area contributed by atoms with Crippen LogP contribution in [-0.4, -0.2) is 20.2 Å². The molecule has 0 heterocycles. The normalized spacial score (nSPS) is 13.5. The Labute approximate surface area is 107 Å². The lowest BCUT2D eigenvalue weighted by Crippen LogP contribution is -2.36. The van der Waals surface area contributed by atoms with Gasteiger partial charge in [-0.15, -0.1) is 6.58 Å². The second-order valence-corrected chi connectivity index (χ2v) is 6.11. The molecule has 101 valence electrons. The van der Waals surface area contributed by atoms with E-state index in [1.165, 1.54) is 6.08 Å². The molecule has 0 aliphatic rings. The molecular weight excluding hydrogens is 234 g/mol. The largest absolute Gasteiger partial charge is 0.215 e. The van der Waals surface area contributed by atoms with Crippen LogP contribution in [-0.2, 0) is 10.0 Å². The van der Waals surface area contributed by atoms with Gasteiger partial charge < -0.3 is 0 Å². The topological polar surface area (TPSA) is 46.2 Å². The molecule has 0 saturated carbocycles. The summed E-state index contributed by atoms with van der Waals surface area (Å²) in [4.78, 5) is 0. The van der Waals surface area contributed by atoms with Gasteiger partial charge in [-0.05, 0) is 19.3 Å². The zero-order chi connectivity index (χ0) is 13.1. The molecule has 0 fully saturated rings. The number of sulfonamides is 1. The number of hydrogen-bond donors (Lipinski definition) is 1. The fourth-order valence-electron chi connectivity index (χ4n) is 1.61. The predicted octanol–water partition coefficient (Wildman–Crippen LogP) is 3.05. The van der Waals surface area contributed by atoms with Crippen LogP contribution < -0.4 is 4.72 Å². The van der Waals surface area contributed by atoms with Gasteiger partial charge in [-0.1, -0.05) is 45.6 Å². The van der Waals surface area contributed by atoms with Crippen molar-refractivity contribution in [2.45, 2.75) is 58.4 Å². The summed E-state index contributed by atoms with van der Waals surface area (Å²) in [7, 11) is -3.20. The van der Waals surface area contributed by atoms with Gasteiger partial charge in [0.25, 0.3) is 0 Å². The highest BCUT2D eigenvalue weighted by molar-refractivity contribution is 7.89. The van der Waals surface area contributed by atoms with E-state index >= 15 is 0 Å². The monoisotopic (exact) mass is 260 g/mol. The van der Waals surface area contributed by atoms with E-state index in [1.807, 2.05) is 0 Å². The van der Waals surface area contributed by atoms with Crippen LogP contribution in [0.1, 0.15) is 52.4 Å². The summed E-state index contributed by atoms with van der Waals surface area (Å²) in [6.07, 6.45) is 9.76. The third kappa shape index (κ3) is 9.36. The van der Waals surface area contributed by atoms with Gasteiger partial charge in [-0.3, -0.25) is 0 Å². The average Bonchev–Trinajstić information content (AvgIpc) is 2.25. The maximum absolute atomic E-state index is 11.6. The van der Waals surface area contributed by atoms with Crippen molar-refractivity contribution in [1.29, 1.82) is 0 Å². The summed E-state index contributed by atoms with van der Waals surface area (Å²) in [5.74, 6) is -0.00274. The number of rotatable bonds is 11. The summed E-state index contributed by atoms with van der Waals surface area (Å²) in [6.45, 7) is 7.71. The van der Waals surface area contributed by atoms with Crippen LogP contribution in [0.5, 0.6) is 0 Å². The Bertz CT molecular complexity index is 286. The van der Waals surface area contributed by atoms with Gasteiger partial charge in [-0.2, -0.15) is 0 Å². The van der Waals surface area contributed by atoms with Gasteiger partial charge in [0.2, 0.25) is 10.0 Å². The van der Waals surface area contributed by atoms with Crippen LogP contribution in [0.2, 0.25) is 0 Å². The van der Waals surface area contributed by atoms with Crippen LogP contribution in [0, 0.1) is 6.42 Å². The summed E-state index contributed by atoms with van der Waals surface area (Å²) in [6, 6.07) is -0.0218. The molecule has 0 saturated heterocycles. The van der Waals surface area contributed by atoms with Crippen LogP contribution in [0.4, 0.5) is 0 Å². The minimum absolute atomic E-state index is 0.00274. The van der Waals surface area contributed by atoms with E-state index in [1.54, 1.807) is 0 Å². The third-order valence-electron chi connectivity index (χ3n) is 2.55. The molecule has 1 radical (unpaired) electrons. The van der Waals surface area contributed by atoms with Gasteiger partial charge in [0.05, 0.1) is 5.75 Å². The number of nitrogens with one attached hydrogen (secondary N) is 1. The molecule has 1 atom stereocenters. The van der Waals surface area contributed by atoms with Gasteiger partial charge in [0.15, 0.2) is 0 Å². The molecule has 0 aromatic heterocycles. The van der Waals surface area contributed by atoms with E-state index in [4.69, 9.17) is 0 Å². The molecule has 4 heteroatoms. The van der Waals surface area contributed by atoms with Crippen molar-refractivity contribution in [3.05, 3.63) is 19.1 Å². The van der Waals surface area contributed by atoms with Gasteiger partial charge >= 0.3 is 0 Å². The molecule has 17 heavy (non-hydrogen) atoms. The minimum Gasteiger partial charge on any atom is -0.212 e. The first-order valence-corrected chi connectivity index (χ1v) is 8.15. The van der Waals surface area contributed by atoms with E-state index in [2.05, 4.69) is 31.6 Å². The van der Waals surface area contributed by atoms with Crippen LogP contribution in [0.15, 0.2) is 12.7 Å². The Hall–Kier alpha value is -0.350. The molecule has 1 unspecified atom stereocenters. The Kier molecular flexibility index (Phi) is 9.46. The zero-order valence-electron chi connectivity index (χ0n) is 11.1. The second-order valence-electron chi connectivity index (χ2n) is 4.31. The summed E-state index contributed by atoms with van der Waals surface area (Å²) in [5, 5.41) is 0. The van der Waals surface area contributed by atoms with E-state index in [0.717, 1.165) is 38.5 Å². The van der Waals surface area contributed by atoms with Crippen molar-refractivity contribution < 1.29 is 8.42 Å². The van der Waals surface area contributed by atoms with E-state index < -0.39 is 10.0 Å². The first-order valence-electron chi connectivity index (χ1n) is 6.50. The fraction of sp³-hybridized carbons (Fsp3) is 0.769. The second kappa shape index (κ2) is 9.66. The van der Waals surface area contributed by atoms with E-state index in [0.29, 0.717) is 0 Å². The predicted molar refractivity (Wildman–Crippen MR) is 74.3 cm³/mol. The van der Waals surface area contributed by atoms with Crippen molar-refractivity contribution in [1.82, 2.24) is 4.72 Å². The molecule has 0 aromatic carbocycles. The molecule has 0 amide bonds.